The van der Waals surface area contributed by atoms with Gasteiger partial charge >= 0.3 is 5.97 Å². The molecule has 1 amide bonds. The number of carbonyl (C=O) groups excluding carboxylic acids is 2. The third-order valence-corrected chi connectivity index (χ3v) is 8.27. The first kappa shape index (κ1) is 33.7. The van der Waals surface area contributed by atoms with Gasteiger partial charge in [-0.25, -0.2) is 0 Å². The molecule has 0 aliphatic carbocycles. The van der Waals surface area contributed by atoms with Crippen molar-refractivity contribution in [3.63, 3.8) is 0 Å². The fraction of sp³-hybridized carbons (Fsp3) is 0.278. The Bertz CT molecular complexity index is 1840. The zero-order valence-electron chi connectivity index (χ0n) is 26.9. The molecule has 0 fully saturated rings. The largest absolute Gasteiger partial charge is 0.497 e. The maximum absolute atomic E-state index is 13.7. The summed E-state index contributed by atoms with van der Waals surface area (Å²) < 4.78 is 5.41. The SMILES string of the molecule is COc1ccc(C(NCCC(CC(=O)O)C(=O)Cc2n[nH]c3nc(NC(=O)C(C)C)nc(O)c23)(c2ccccc2)c2ccccc2)cc1. The second-order valence-electron chi connectivity index (χ2n) is 11.8. The summed E-state index contributed by atoms with van der Waals surface area (Å²) in [6, 6.07) is 27.6. The molecule has 0 spiro atoms. The number of nitrogens with one attached hydrogen (secondary N) is 3. The lowest BCUT2D eigenvalue weighted by Gasteiger charge is -2.37. The molecule has 48 heavy (non-hydrogen) atoms. The highest BCUT2D eigenvalue weighted by atomic mass is 16.5. The highest BCUT2D eigenvalue weighted by molar-refractivity contribution is 5.94. The number of rotatable bonds is 15. The van der Waals surface area contributed by atoms with E-state index in [1.807, 2.05) is 84.9 Å². The highest BCUT2D eigenvalue weighted by Crippen LogP contribution is 2.38. The summed E-state index contributed by atoms with van der Waals surface area (Å²) in [5, 5.41) is 33.6. The van der Waals surface area contributed by atoms with Crippen molar-refractivity contribution < 1.29 is 29.3 Å². The molecule has 248 valence electrons. The minimum Gasteiger partial charge on any atom is -0.497 e. The van der Waals surface area contributed by atoms with Gasteiger partial charge in [-0.05, 0) is 41.8 Å². The van der Waals surface area contributed by atoms with E-state index < -0.39 is 23.3 Å². The molecule has 12 nitrogen and oxygen atoms in total. The smallest absolute Gasteiger partial charge is 0.304 e. The standard InChI is InChI=1S/C36H38N6O6/c1-22(2)33(46)39-35-38-32-31(34(47)40-35)28(41-42-32)21-29(43)23(20-30(44)45)18-19-37-36(24-10-6-4-7-11-24,25-12-8-5-9-13-25)26-14-16-27(48-3)17-15-26/h4-17,22-23,37H,18-21H2,1-3H3,(H,44,45)(H3,38,39,40,41,42,46,47). The lowest BCUT2D eigenvalue weighted by atomic mass is 9.76. The molecule has 0 bridgehead atoms. The number of ether oxygens (including phenoxy) is 1. The molecule has 5 aromatic rings. The molecule has 0 saturated heterocycles. The summed E-state index contributed by atoms with van der Waals surface area (Å²) in [5.74, 6) is -2.85. The molecule has 2 aromatic heterocycles. The second-order valence-corrected chi connectivity index (χ2v) is 11.8. The number of hydrogen-bond acceptors (Lipinski definition) is 9. The summed E-state index contributed by atoms with van der Waals surface area (Å²) in [5.41, 5.74) is 2.34. The van der Waals surface area contributed by atoms with Gasteiger partial charge < -0.3 is 14.9 Å². The van der Waals surface area contributed by atoms with Crippen LogP contribution in [-0.4, -0.2) is 61.7 Å². The van der Waals surface area contributed by atoms with Crippen LogP contribution in [-0.2, 0) is 26.3 Å². The first-order valence-electron chi connectivity index (χ1n) is 15.6. The number of aromatic amines is 1. The van der Waals surface area contributed by atoms with Crippen molar-refractivity contribution in [1.82, 2.24) is 25.5 Å². The van der Waals surface area contributed by atoms with Crippen LogP contribution in [0.5, 0.6) is 11.6 Å². The van der Waals surface area contributed by atoms with E-state index in [9.17, 15) is 24.6 Å². The van der Waals surface area contributed by atoms with Crippen LogP contribution >= 0.6 is 0 Å². The maximum Gasteiger partial charge on any atom is 0.304 e. The van der Waals surface area contributed by atoms with E-state index in [1.165, 1.54) is 0 Å². The molecule has 5 rings (SSSR count). The first-order valence-corrected chi connectivity index (χ1v) is 15.6. The number of aromatic hydroxyl groups is 1. The molecule has 12 heteroatoms. The van der Waals surface area contributed by atoms with Gasteiger partial charge in [-0.3, -0.25) is 30.1 Å². The summed E-state index contributed by atoms with van der Waals surface area (Å²) in [7, 11) is 1.61. The number of methoxy groups -OCH3 is 1. The number of fused-ring (bicyclic) bond motifs is 1. The number of benzene rings is 3. The number of anilines is 1. The Balaban J connectivity index is 1.42. The van der Waals surface area contributed by atoms with Crippen molar-refractivity contribution in [3.8, 4) is 11.6 Å². The van der Waals surface area contributed by atoms with Gasteiger partial charge in [0.2, 0.25) is 17.7 Å². The number of carboxylic acid groups (broad SMARTS) is 1. The molecule has 0 saturated carbocycles. The van der Waals surface area contributed by atoms with E-state index in [4.69, 9.17) is 4.74 Å². The topological polar surface area (TPSA) is 179 Å². The van der Waals surface area contributed by atoms with Gasteiger partial charge in [-0.15, -0.1) is 0 Å². The molecule has 0 radical (unpaired) electrons. The third-order valence-electron chi connectivity index (χ3n) is 8.27. The van der Waals surface area contributed by atoms with Crippen molar-refractivity contribution in [2.75, 3.05) is 19.0 Å². The van der Waals surface area contributed by atoms with Crippen molar-refractivity contribution in [2.24, 2.45) is 11.8 Å². The molecule has 1 unspecified atom stereocenters. The Morgan fingerprint density at radius 2 is 1.50 bits per heavy atom. The minimum atomic E-state index is -1.11. The second kappa shape index (κ2) is 14.9. The number of amides is 1. The Kier molecular flexibility index (Phi) is 10.4. The monoisotopic (exact) mass is 650 g/mol. The van der Waals surface area contributed by atoms with E-state index in [2.05, 4.69) is 30.8 Å². The molecule has 2 heterocycles. The van der Waals surface area contributed by atoms with Gasteiger partial charge in [0.15, 0.2) is 5.65 Å². The van der Waals surface area contributed by atoms with Gasteiger partial charge in [-0.1, -0.05) is 86.6 Å². The Morgan fingerprint density at radius 3 is 2.06 bits per heavy atom. The van der Waals surface area contributed by atoms with Crippen molar-refractivity contribution >= 4 is 34.6 Å². The molecule has 1 atom stereocenters. The van der Waals surface area contributed by atoms with Crippen LogP contribution in [0.25, 0.3) is 11.0 Å². The lowest BCUT2D eigenvalue weighted by molar-refractivity contribution is -0.140. The number of carboxylic acids is 1. The number of carbonyl (C=O) groups is 3. The van der Waals surface area contributed by atoms with Crippen LogP contribution in [0.4, 0.5) is 5.95 Å². The van der Waals surface area contributed by atoms with Crippen LogP contribution in [0.3, 0.4) is 0 Å². The zero-order valence-corrected chi connectivity index (χ0v) is 26.9. The maximum atomic E-state index is 13.7. The normalized spacial score (nSPS) is 12.2. The summed E-state index contributed by atoms with van der Waals surface area (Å²) in [4.78, 5) is 45.9. The Labute approximate surface area is 277 Å². The van der Waals surface area contributed by atoms with Crippen LogP contribution in [0.15, 0.2) is 84.9 Å². The quantitative estimate of drug-likeness (QED) is 0.0985. The lowest BCUT2D eigenvalue weighted by Crippen LogP contribution is -2.45. The first-order chi connectivity index (χ1) is 23.1. The molecular weight excluding hydrogens is 612 g/mol. The van der Waals surface area contributed by atoms with E-state index in [1.54, 1.807) is 21.0 Å². The van der Waals surface area contributed by atoms with Crippen molar-refractivity contribution in [2.45, 2.75) is 38.6 Å². The number of Topliss-reactive ketones (excluding diaryl/α,β-unsaturated/α-hetero) is 1. The number of aromatic nitrogens is 4. The number of nitrogens with zero attached hydrogens (tertiary/aromatic N) is 3. The fourth-order valence-electron chi connectivity index (χ4n) is 5.76. The number of aliphatic carboxylic acids is 1. The van der Waals surface area contributed by atoms with E-state index in [-0.39, 0.29) is 66.1 Å². The van der Waals surface area contributed by atoms with Gasteiger partial charge in [0.05, 0.1) is 31.2 Å². The number of H-pyrrole nitrogens is 1. The summed E-state index contributed by atoms with van der Waals surface area (Å²) in [6.45, 7) is 3.70. The Hall–Kier alpha value is -5.62. The third kappa shape index (κ3) is 7.34. The van der Waals surface area contributed by atoms with Crippen molar-refractivity contribution in [1.29, 1.82) is 0 Å². The molecule has 5 N–H and O–H groups in total. The average molecular weight is 651 g/mol. The van der Waals surface area contributed by atoms with Crippen LogP contribution < -0.4 is 15.4 Å². The zero-order chi connectivity index (χ0) is 34.3. The number of hydrogen-bond donors (Lipinski definition) is 5. The van der Waals surface area contributed by atoms with Crippen LogP contribution in [0, 0.1) is 11.8 Å². The van der Waals surface area contributed by atoms with Gasteiger partial charge in [-0.2, -0.15) is 15.1 Å². The molecule has 0 aliphatic heterocycles. The fourth-order valence-corrected chi connectivity index (χ4v) is 5.76. The minimum absolute atomic E-state index is 0.104. The van der Waals surface area contributed by atoms with Crippen molar-refractivity contribution in [3.05, 3.63) is 107 Å². The molecule has 0 aliphatic rings. The molecular formula is C36H38N6O6. The summed E-state index contributed by atoms with van der Waals surface area (Å²) in [6.07, 6.45) is -0.435. The average Bonchev–Trinajstić information content (AvgIpc) is 3.49. The number of ketones is 1. The van der Waals surface area contributed by atoms with E-state index in [0.29, 0.717) is 5.75 Å². The van der Waals surface area contributed by atoms with Crippen LogP contribution in [0.2, 0.25) is 0 Å². The highest BCUT2D eigenvalue weighted by Gasteiger charge is 2.36. The Morgan fingerprint density at radius 1 is 0.896 bits per heavy atom. The van der Waals surface area contributed by atoms with Crippen LogP contribution in [0.1, 0.15) is 49.1 Å². The molecule has 3 aromatic carbocycles. The van der Waals surface area contributed by atoms with E-state index in [0.717, 1.165) is 16.7 Å². The predicted octanol–water partition coefficient (Wildman–Crippen LogP) is 4.84. The van der Waals surface area contributed by atoms with Gasteiger partial charge in [0.25, 0.3) is 0 Å². The van der Waals surface area contributed by atoms with E-state index >= 15 is 0 Å². The van der Waals surface area contributed by atoms with Gasteiger partial charge in [0, 0.05) is 11.8 Å². The predicted molar refractivity (Wildman–Crippen MR) is 180 cm³/mol. The summed E-state index contributed by atoms with van der Waals surface area (Å²) >= 11 is 0. The van der Waals surface area contributed by atoms with Gasteiger partial charge in [0.1, 0.15) is 16.9 Å².